The topological polar surface area (TPSA) is 131 Å². The van der Waals surface area contributed by atoms with E-state index < -0.39 is 35.5 Å². The molecule has 40 heavy (non-hydrogen) atoms. The average Bonchev–Trinajstić information content (AvgIpc) is 3.45. The standard InChI is InChI=1S/C27H31F3N6O4/c1-15-22(34-35-36(15)19-7-5-6-18(13-19)27(28,29)30)24(37)32-11-10-17-14-39-21-9-8-16(12-20(17)21)23(31)33-25(38)40-26(2,3)4/h5-9,12-13,15,17,22H,10-11,14H2,1-4H3,(H,32,37)(H2,31,33,38). The predicted molar refractivity (Wildman–Crippen MR) is 141 cm³/mol. The van der Waals surface area contributed by atoms with Crippen LogP contribution in [0.25, 0.3) is 0 Å². The average molecular weight is 561 g/mol. The van der Waals surface area contributed by atoms with E-state index in [-0.39, 0.29) is 23.3 Å². The third-order valence-corrected chi connectivity index (χ3v) is 6.40. The summed E-state index contributed by atoms with van der Waals surface area (Å²) in [6.45, 7) is 7.58. The number of nitrogens with two attached hydrogens (primary N) is 1. The van der Waals surface area contributed by atoms with E-state index in [4.69, 9.17) is 15.2 Å². The Morgan fingerprint density at radius 1 is 1.20 bits per heavy atom. The molecule has 2 heterocycles. The van der Waals surface area contributed by atoms with E-state index in [1.807, 2.05) is 0 Å². The third kappa shape index (κ3) is 6.69. The molecule has 0 fully saturated rings. The van der Waals surface area contributed by atoms with Gasteiger partial charge in [0.1, 0.15) is 17.2 Å². The number of alkyl halides is 3. The Labute approximate surface area is 229 Å². The van der Waals surface area contributed by atoms with Gasteiger partial charge in [-0.1, -0.05) is 11.3 Å². The highest BCUT2D eigenvalue weighted by atomic mass is 19.4. The first-order valence-electron chi connectivity index (χ1n) is 12.7. The van der Waals surface area contributed by atoms with Crippen molar-refractivity contribution >= 4 is 23.5 Å². The van der Waals surface area contributed by atoms with E-state index in [0.29, 0.717) is 30.9 Å². The lowest BCUT2D eigenvalue weighted by Crippen LogP contribution is -2.43. The van der Waals surface area contributed by atoms with Crippen LogP contribution in [0.1, 0.15) is 56.7 Å². The number of ether oxygens (including phenoxy) is 2. The van der Waals surface area contributed by atoms with E-state index in [1.54, 1.807) is 45.9 Å². The normalized spacial score (nSPS) is 20.7. The van der Waals surface area contributed by atoms with Crippen molar-refractivity contribution in [1.29, 1.82) is 0 Å². The summed E-state index contributed by atoms with van der Waals surface area (Å²) < 4.78 is 50.3. The summed E-state index contributed by atoms with van der Waals surface area (Å²) in [4.78, 5) is 28.7. The van der Waals surface area contributed by atoms with Gasteiger partial charge in [0.15, 0.2) is 6.04 Å². The summed E-state index contributed by atoms with van der Waals surface area (Å²) >= 11 is 0. The molecule has 3 unspecified atom stereocenters. The van der Waals surface area contributed by atoms with Crippen molar-refractivity contribution in [2.24, 2.45) is 21.1 Å². The number of anilines is 1. The third-order valence-electron chi connectivity index (χ3n) is 6.40. The number of hydrogen-bond acceptors (Lipinski definition) is 7. The van der Waals surface area contributed by atoms with E-state index in [2.05, 4.69) is 20.6 Å². The lowest BCUT2D eigenvalue weighted by Gasteiger charge is -2.22. The minimum absolute atomic E-state index is 0.0157. The smallest absolute Gasteiger partial charge is 0.436 e. The fourth-order valence-corrected chi connectivity index (χ4v) is 4.41. The molecule has 214 valence electrons. The summed E-state index contributed by atoms with van der Waals surface area (Å²) in [6, 6.07) is 8.54. The van der Waals surface area contributed by atoms with Gasteiger partial charge in [0, 0.05) is 23.6 Å². The molecule has 2 aromatic rings. The second-order valence-electron chi connectivity index (χ2n) is 10.6. The van der Waals surface area contributed by atoms with Gasteiger partial charge in [-0.15, -0.1) is 0 Å². The minimum Gasteiger partial charge on any atom is -0.493 e. The van der Waals surface area contributed by atoms with E-state index in [9.17, 15) is 22.8 Å². The van der Waals surface area contributed by atoms with Crippen LogP contribution in [0, 0.1) is 0 Å². The quantitative estimate of drug-likeness (QED) is 0.379. The maximum Gasteiger partial charge on any atom is 0.436 e. The maximum atomic E-state index is 13.1. The molecule has 0 aromatic heterocycles. The number of amidine groups is 1. The van der Waals surface area contributed by atoms with Crippen LogP contribution >= 0.6 is 0 Å². The molecule has 0 saturated heterocycles. The first-order valence-corrected chi connectivity index (χ1v) is 12.7. The van der Waals surface area contributed by atoms with Gasteiger partial charge in [-0.2, -0.15) is 23.3 Å². The number of carbonyl (C=O) groups excluding carboxylic acids is 2. The van der Waals surface area contributed by atoms with Gasteiger partial charge < -0.3 is 20.5 Å². The predicted octanol–water partition coefficient (Wildman–Crippen LogP) is 4.97. The SMILES string of the molecule is CC1C(C(=O)NCCC2COc3ccc(C(N)=NC(=O)OC(C)(C)C)cc32)N=NN1c1cccc(C(F)(F)F)c1. The van der Waals surface area contributed by atoms with Crippen molar-refractivity contribution < 1.29 is 32.2 Å². The monoisotopic (exact) mass is 560 g/mol. The van der Waals surface area contributed by atoms with Gasteiger partial charge in [0.25, 0.3) is 0 Å². The molecule has 13 heteroatoms. The number of nitrogens with one attached hydrogen (secondary N) is 1. The second kappa shape index (κ2) is 11.1. The van der Waals surface area contributed by atoms with Crippen molar-refractivity contribution in [1.82, 2.24) is 5.32 Å². The van der Waals surface area contributed by atoms with Gasteiger partial charge in [-0.3, -0.25) is 4.79 Å². The highest BCUT2D eigenvalue weighted by Crippen LogP contribution is 2.37. The first-order chi connectivity index (χ1) is 18.7. The number of amides is 2. The molecule has 0 spiro atoms. The molecule has 4 rings (SSSR count). The van der Waals surface area contributed by atoms with Crippen molar-refractivity contribution in [3.8, 4) is 5.75 Å². The van der Waals surface area contributed by atoms with Crippen LogP contribution in [0.5, 0.6) is 5.75 Å². The fraction of sp³-hybridized carbons (Fsp3) is 0.444. The minimum atomic E-state index is -4.49. The van der Waals surface area contributed by atoms with Crippen LogP contribution in [-0.2, 0) is 15.7 Å². The summed E-state index contributed by atoms with van der Waals surface area (Å²) in [6.07, 6.45) is -4.74. The molecule has 0 aliphatic carbocycles. The molecule has 0 saturated carbocycles. The zero-order valence-electron chi connectivity index (χ0n) is 22.5. The van der Waals surface area contributed by atoms with Gasteiger partial charge in [0.2, 0.25) is 5.91 Å². The van der Waals surface area contributed by atoms with Crippen LogP contribution in [0.2, 0.25) is 0 Å². The lowest BCUT2D eigenvalue weighted by molar-refractivity contribution is -0.137. The largest absolute Gasteiger partial charge is 0.493 e. The number of halogens is 3. The summed E-state index contributed by atoms with van der Waals surface area (Å²) in [5.41, 5.74) is 6.14. The van der Waals surface area contributed by atoms with Gasteiger partial charge in [-0.25, -0.2) is 9.80 Å². The highest BCUT2D eigenvalue weighted by molar-refractivity contribution is 6.03. The van der Waals surface area contributed by atoms with Crippen molar-refractivity contribution in [2.45, 2.75) is 63.9 Å². The Balaban J connectivity index is 1.34. The Kier molecular flexibility index (Phi) is 8.03. The molecular formula is C27H31F3N6O4. The Morgan fingerprint density at radius 3 is 2.65 bits per heavy atom. The second-order valence-corrected chi connectivity index (χ2v) is 10.6. The molecule has 0 radical (unpaired) electrons. The van der Waals surface area contributed by atoms with Crippen LogP contribution < -0.4 is 20.8 Å². The van der Waals surface area contributed by atoms with Crippen molar-refractivity contribution in [3.05, 3.63) is 59.2 Å². The molecule has 2 aliphatic heterocycles. The molecule has 2 aliphatic rings. The van der Waals surface area contributed by atoms with Crippen molar-refractivity contribution in [2.75, 3.05) is 18.2 Å². The summed E-state index contributed by atoms with van der Waals surface area (Å²) in [5, 5.41) is 12.1. The number of fused-ring (bicyclic) bond motifs is 1. The van der Waals surface area contributed by atoms with Crippen LogP contribution in [0.15, 0.2) is 57.8 Å². The van der Waals surface area contributed by atoms with Crippen LogP contribution in [0.3, 0.4) is 0 Å². The van der Waals surface area contributed by atoms with E-state index >= 15 is 0 Å². The molecule has 3 atom stereocenters. The number of rotatable bonds is 6. The zero-order valence-corrected chi connectivity index (χ0v) is 22.5. The molecule has 10 nitrogen and oxygen atoms in total. The first kappa shape index (κ1) is 28.8. The molecule has 2 aromatic carbocycles. The van der Waals surface area contributed by atoms with Crippen LogP contribution in [-0.4, -0.2) is 48.7 Å². The molecule has 2 amide bonds. The fourth-order valence-electron chi connectivity index (χ4n) is 4.41. The number of hydrogen-bond donors (Lipinski definition) is 2. The molecule has 0 bridgehead atoms. The summed E-state index contributed by atoms with van der Waals surface area (Å²) in [7, 11) is 0. The lowest BCUT2D eigenvalue weighted by atomic mass is 9.96. The van der Waals surface area contributed by atoms with E-state index in [0.717, 1.165) is 17.7 Å². The number of carbonyl (C=O) groups is 2. The molecular weight excluding hydrogens is 529 g/mol. The van der Waals surface area contributed by atoms with Crippen molar-refractivity contribution in [3.63, 3.8) is 0 Å². The Bertz CT molecular complexity index is 1340. The maximum absolute atomic E-state index is 13.1. The number of benzene rings is 2. The van der Waals surface area contributed by atoms with Crippen LogP contribution in [0.4, 0.5) is 23.7 Å². The van der Waals surface area contributed by atoms with Gasteiger partial charge in [-0.05, 0) is 70.5 Å². The Hall–Kier alpha value is -4.16. The number of aliphatic imine (C=N–C) groups is 1. The summed E-state index contributed by atoms with van der Waals surface area (Å²) in [5.74, 6) is 0.267. The van der Waals surface area contributed by atoms with Gasteiger partial charge in [0.05, 0.1) is 23.9 Å². The van der Waals surface area contributed by atoms with Gasteiger partial charge >= 0.3 is 12.3 Å². The Morgan fingerprint density at radius 2 is 1.95 bits per heavy atom. The highest BCUT2D eigenvalue weighted by Gasteiger charge is 2.37. The van der Waals surface area contributed by atoms with E-state index in [1.165, 1.54) is 17.1 Å². The molecule has 3 N–H and O–H groups in total. The number of nitrogens with zero attached hydrogens (tertiary/aromatic N) is 4. The zero-order chi connectivity index (χ0) is 29.2.